The maximum absolute atomic E-state index is 2.47. The third-order valence-electron chi connectivity index (χ3n) is 12.6. The highest BCUT2D eigenvalue weighted by atomic mass is 15.1. The maximum Gasteiger partial charge on any atom is 0.0543 e. The minimum Gasteiger partial charge on any atom is -0.310 e. The van der Waals surface area contributed by atoms with Crippen LogP contribution in [0.5, 0.6) is 0 Å². The van der Waals surface area contributed by atoms with Crippen LogP contribution in [0.25, 0.3) is 77.2 Å². The minimum atomic E-state index is -0.114. The van der Waals surface area contributed by atoms with Gasteiger partial charge < -0.3 is 4.90 Å². The molecule has 10 aromatic rings. The van der Waals surface area contributed by atoms with Crippen LogP contribution < -0.4 is 4.90 Å². The maximum atomic E-state index is 2.47. The second kappa shape index (κ2) is 14.4. The van der Waals surface area contributed by atoms with E-state index < -0.39 is 0 Å². The summed E-state index contributed by atoms with van der Waals surface area (Å²) in [5.41, 5.74) is 18.2. The number of rotatable bonds is 7. The van der Waals surface area contributed by atoms with Gasteiger partial charge in [0, 0.05) is 22.4 Å². The third-order valence-corrected chi connectivity index (χ3v) is 12.6. The van der Waals surface area contributed by atoms with E-state index in [4.69, 9.17) is 0 Å². The van der Waals surface area contributed by atoms with Crippen molar-refractivity contribution in [3.8, 4) is 55.6 Å². The number of benzene rings is 10. The van der Waals surface area contributed by atoms with Crippen molar-refractivity contribution in [3.05, 3.63) is 236 Å². The summed E-state index contributed by atoms with van der Waals surface area (Å²) in [5.74, 6) is 0. The molecule has 1 heteroatoms. The second-order valence-electron chi connectivity index (χ2n) is 16.6. The lowest BCUT2D eigenvalue weighted by molar-refractivity contribution is 0.660. The van der Waals surface area contributed by atoms with Crippen LogP contribution in [0.15, 0.2) is 224 Å². The Kier molecular flexibility index (Phi) is 8.57. The van der Waals surface area contributed by atoms with Crippen LogP contribution in [0.3, 0.4) is 0 Å². The van der Waals surface area contributed by atoms with Gasteiger partial charge in [0.15, 0.2) is 0 Å². The van der Waals surface area contributed by atoms with Gasteiger partial charge in [-0.05, 0) is 125 Å². The summed E-state index contributed by atoms with van der Waals surface area (Å²) in [6, 6.07) is 82.5. The largest absolute Gasteiger partial charge is 0.310 e. The average molecular weight is 766 g/mol. The molecule has 0 unspecified atom stereocenters. The minimum absolute atomic E-state index is 0.114. The lowest BCUT2D eigenvalue weighted by Crippen LogP contribution is -2.16. The summed E-state index contributed by atoms with van der Waals surface area (Å²) in [7, 11) is 0. The zero-order valence-electron chi connectivity index (χ0n) is 33.8. The van der Waals surface area contributed by atoms with Crippen LogP contribution >= 0.6 is 0 Å². The Balaban J connectivity index is 1.00. The number of anilines is 3. The van der Waals surface area contributed by atoms with E-state index in [-0.39, 0.29) is 5.41 Å². The van der Waals surface area contributed by atoms with Gasteiger partial charge in [-0.25, -0.2) is 0 Å². The molecule has 0 spiro atoms. The molecule has 0 heterocycles. The van der Waals surface area contributed by atoms with E-state index in [1.165, 1.54) is 94.0 Å². The fraction of sp³-hybridized carbons (Fsp3) is 0.0508. The Morgan fingerprint density at radius 1 is 0.300 bits per heavy atom. The second-order valence-corrected chi connectivity index (χ2v) is 16.6. The molecule has 0 saturated carbocycles. The van der Waals surface area contributed by atoms with Gasteiger partial charge >= 0.3 is 0 Å². The van der Waals surface area contributed by atoms with Crippen LogP contribution in [0.1, 0.15) is 25.0 Å². The van der Waals surface area contributed by atoms with E-state index in [1.807, 2.05) is 0 Å². The van der Waals surface area contributed by atoms with Crippen molar-refractivity contribution >= 4 is 38.6 Å². The van der Waals surface area contributed by atoms with E-state index in [9.17, 15) is 0 Å². The van der Waals surface area contributed by atoms with Crippen molar-refractivity contribution < 1.29 is 0 Å². The van der Waals surface area contributed by atoms with Gasteiger partial charge in [0.2, 0.25) is 0 Å². The average Bonchev–Trinajstić information content (AvgIpc) is 3.55. The van der Waals surface area contributed by atoms with Gasteiger partial charge in [-0.2, -0.15) is 0 Å². The molecule has 1 aliphatic rings. The predicted molar refractivity (Wildman–Crippen MR) is 255 cm³/mol. The molecule has 10 aromatic carbocycles. The first-order chi connectivity index (χ1) is 29.5. The van der Waals surface area contributed by atoms with Crippen LogP contribution in [-0.4, -0.2) is 0 Å². The van der Waals surface area contributed by atoms with Gasteiger partial charge in [-0.15, -0.1) is 0 Å². The zero-order chi connectivity index (χ0) is 40.2. The molecular weight excluding hydrogens is 723 g/mol. The number of hydrogen-bond donors (Lipinski definition) is 0. The molecule has 0 atom stereocenters. The molecule has 0 N–H and O–H groups in total. The summed E-state index contributed by atoms with van der Waals surface area (Å²) < 4.78 is 0. The van der Waals surface area contributed by atoms with Gasteiger partial charge in [0.05, 0.1) is 5.69 Å². The monoisotopic (exact) mass is 765 g/mol. The van der Waals surface area contributed by atoms with E-state index in [0.29, 0.717) is 0 Å². The Morgan fingerprint density at radius 2 is 0.700 bits per heavy atom. The van der Waals surface area contributed by atoms with Crippen molar-refractivity contribution in [1.82, 2.24) is 0 Å². The summed E-state index contributed by atoms with van der Waals surface area (Å²) in [4.78, 5) is 2.47. The van der Waals surface area contributed by atoms with E-state index in [2.05, 4.69) is 243 Å². The Labute approximate surface area is 352 Å². The van der Waals surface area contributed by atoms with Crippen molar-refractivity contribution in [1.29, 1.82) is 0 Å². The van der Waals surface area contributed by atoms with Crippen molar-refractivity contribution in [3.63, 3.8) is 0 Å². The lowest BCUT2D eigenvalue weighted by atomic mass is 9.82. The lowest BCUT2D eigenvalue weighted by Gasteiger charge is -2.29. The predicted octanol–water partition coefficient (Wildman–Crippen LogP) is 16.4. The van der Waals surface area contributed by atoms with Crippen LogP contribution in [0.4, 0.5) is 17.1 Å². The number of fused-ring (bicyclic) bond motifs is 5. The molecule has 0 bridgehead atoms. The summed E-state index contributed by atoms with van der Waals surface area (Å²) >= 11 is 0. The highest BCUT2D eigenvalue weighted by Crippen LogP contribution is 2.54. The molecule has 11 rings (SSSR count). The molecule has 0 radical (unpaired) electrons. The van der Waals surface area contributed by atoms with E-state index in [1.54, 1.807) is 0 Å². The van der Waals surface area contributed by atoms with Gasteiger partial charge in [0.25, 0.3) is 0 Å². The van der Waals surface area contributed by atoms with Crippen molar-refractivity contribution in [2.45, 2.75) is 19.3 Å². The Morgan fingerprint density at radius 3 is 1.22 bits per heavy atom. The normalized spacial score (nSPS) is 12.6. The molecule has 0 fully saturated rings. The van der Waals surface area contributed by atoms with Crippen LogP contribution in [0.2, 0.25) is 0 Å². The van der Waals surface area contributed by atoms with Gasteiger partial charge in [0.1, 0.15) is 0 Å². The number of hydrogen-bond acceptors (Lipinski definition) is 1. The number of nitrogens with zero attached hydrogens (tertiary/aromatic N) is 1. The fourth-order valence-corrected chi connectivity index (χ4v) is 9.45. The van der Waals surface area contributed by atoms with E-state index >= 15 is 0 Å². The smallest absolute Gasteiger partial charge is 0.0543 e. The molecule has 1 aliphatic carbocycles. The Bertz CT molecular complexity index is 3060. The highest BCUT2D eigenvalue weighted by Gasteiger charge is 2.37. The molecule has 60 heavy (non-hydrogen) atoms. The molecule has 0 amide bonds. The van der Waals surface area contributed by atoms with E-state index in [0.717, 1.165) is 11.4 Å². The molecule has 284 valence electrons. The highest BCUT2D eigenvalue weighted by molar-refractivity contribution is 5.96. The molecule has 0 saturated heterocycles. The summed E-state index contributed by atoms with van der Waals surface area (Å²) in [5, 5.41) is 5.03. The molecule has 1 nitrogen and oxygen atoms in total. The molecule has 0 aromatic heterocycles. The fourth-order valence-electron chi connectivity index (χ4n) is 9.45. The Hall–Kier alpha value is -7.48. The first kappa shape index (κ1) is 35.7. The summed E-state index contributed by atoms with van der Waals surface area (Å²) in [6.07, 6.45) is 0. The summed E-state index contributed by atoms with van der Waals surface area (Å²) in [6.45, 7) is 4.71. The van der Waals surface area contributed by atoms with Crippen molar-refractivity contribution in [2.24, 2.45) is 0 Å². The molecular formula is C59H43N. The third kappa shape index (κ3) is 6.19. The standard InChI is InChI=1S/C59H43N/c1-59(2)55-21-8-7-20-54(55)58-56(59)22-11-23-57(58)60(52-18-9-16-48(38-52)42-24-28-44(29-25-42)50-34-32-40-12-3-5-14-46(40)36-50)53-19-10-17-49(39-53)43-26-30-45(31-27-43)51-35-33-41-13-4-6-15-47(41)37-51/h3-39H,1-2H3. The van der Waals surface area contributed by atoms with Crippen LogP contribution in [0, 0.1) is 0 Å². The van der Waals surface area contributed by atoms with Crippen LogP contribution in [-0.2, 0) is 5.41 Å². The van der Waals surface area contributed by atoms with Gasteiger partial charge in [-0.3, -0.25) is 0 Å². The SMILES string of the molecule is CC1(C)c2ccccc2-c2c(N(c3cccc(-c4ccc(-c5ccc6ccccc6c5)cc4)c3)c3cccc(-c4ccc(-c5ccc6ccccc6c5)cc4)c3)cccc21. The zero-order valence-corrected chi connectivity index (χ0v) is 33.8. The quantitative estimate of drug-likeness (QED) is 0.156. The first-order valence-electron chi connectivity index (χ1n) is 20.9. The van der Waals surface area contributed by atoms with Gasteiger partial charge in [-0.1, -0.05) is 196 Å². The molecule has 0 aliphatic heterocycles. The topological polar surface area (TPSA) is 3.24 Å². The van der Waals surface area contributed by atoms with Crippen molar-refractivity contribution in [2.75, 3.05) is 4.90 Å². The first-order valence-corrected chi connectivity index (χ1v) is 20.9.